The maximum absolute atomic E-state index is 12.3. The zero-order valence-corrected chi connectivity index (χ0v) is 13.4. The second-order valence-electron chi connectivity index (χ2n) is 5.42. The number of benzene rings is 2. The van der Waals surface area contributed by atoms with E-state index in [0.29, 0.717) is 15.9 Å². The lowest BCUT2D eigenvalue weighted by Gasteiger charge is -2.08. The Labute approximate surface area is 141 Å². The first kappa shape index (κ1) is 14.6. The van der Waals surface area contributed by atoms with Crippen molar-refractivity contribution in [3.05, 3.63) is 70.6 Å². The summed E-state index contributed by atoms with van der Waals surface area (Å²) in [5.74, 6) is -0.259. The second kappa shape index (κ2) is 5.90. The molecular formula is C18H13N3O2S. The molecule has 24 heavy (non-hydrogen) atoms. The van der Waals surface area contributed by atoms with Crippen LogP contribution < -0.4 is 10.9 Å². The van der Waals surface area contributed by atoms with E-state index in [4.69, 9.17) is 0 Å². The summed E-state index contributed by atoms with van der Waals surface area (Å²) in [6, 6.07) is 15.4. The summed E-state index contributed by atoms with van der Waals surface area (Å²) < 4.78 is 1.89. The van der Waals surface area contributed by atoms with Crippen molar-refractivity contribution < 1.29 is 4.79 Å². The average molecular weight is 335 g/mol. The number of carbonyl (C=O) groups is 1. The molecule has 1 amide bonds. The zero-order chi connectivity index (χ0) is 16.5. The minimum atomic E-state index is -0.259. The molecule has 1 N–H and O–H groups in total. The van der Waals surface area contributed by atoms with Gasteiger partial charge in [0.25, 0.3) is 5.56 Å². The molecule has 0 aliphatic heterocycles. The number of nitrogens with one attached hydrogen (secondary N) is 1. The Kier molecular flexibility index (Phi) is 3.59. The molecule has 0 aliphatic rings. The van der Waals surface area contributed by atoms with Gasteiger partial charge in [0.05, 0.1) is 11.8 Å². The Morgan fingerprint density at radius 1 is 1.12 bits per heavy atom. The highest BCUT2D eigenvalue weighted by atomic mass is 32.1. The molecule has 2 heterocycles. The lowest BCUT2D eigenvalue weighted by Crippen LogP contribution is -2.27. The van der Waals surface area contributed by atoms with Crippen molar-refractivity contribution in [3.63, 3.8) is 0 Å². The molecule has 5 nitrogen and oxygen atoms in total. The van der Waals surface area contributed by atoms with Crippen LogP contribution in [0.3, 0.4) is 0 Å². The summed E-state index contributed by atoms with van der Waals surface area (Å²) in [6.07, 6.45) is 1.41. The summed E-state index contributed by atoms with van der Waals surface area (Å²) in [4.78, 5) is 28.8. The number of aromatic nitrogens is 2. The van der Waals surface area contributed by atoms with Gasteiger partial charge in [-0.15, -0.1) is 11.3 Å². The minimum Gasteiger partial charge on any atom is -0.325 e. The summed E-state index contributed by atoms with van der Waals surface area (Å²) in [5, 5.41) is 6.81. The molecular weight excluding hydrogens is 322 g/mol. The van der Waals surface area contributed by atoms with Crippen LogP contribution in [0, 0.1) is 0 Å². The number of rotatable bonds is 3. The first-order chi connectivity index (χ1) is 11.7. The molecule has 0 atom stereocenters. The first-order valence-electron chi connectivity index (χ1n) is 7.42. The van der Waals surface area contributed by atoms with Gasteiger partial charge in [-0.2, -0.15) is 0 Å². The molecule has 0 saturated heterocycles. The third-order valence-electron chi connectivity index (χ3n) is 3.78. The van der Waals surface area contributed by atoms with Gasteiger partial charge < -0.3 is 5.32 Å². The van der Waals surface area contributed by atoms with Gasteiger partial charge in [-0.05, 0) is 34.4 Å². The van der Waals surface area contributed by atoms with Crippen LogP contribution in [0.15, 0.2) is 65.0 Å². The van der Waals surface area contributed by atoms with Gasteiger partial charge in [0.15, 0.2) is 0 Å². The number of amides is 1. The van der Waals surface area contributed by atoms with Crippen molar-refractivity contribution in [2.24, 2.45) is 0 Å². The monoisotopic (exact) mass is 335 g/mol. The van der Waals surface area contributed by atoms with Crippen LogP contribution in [0.2, 0.25) is 0 Å². The van der Waals surface area contributed by atoms with Crippen LogP contribution in [0.4, 0.5) is 5.69 Å². The van der Waals surface area contributed by atoms with E-state index in [1.165, 1.54) is 22.2 Å². The van der Waals surface area contributed by atoms with Crippen molar-refractivity contribution in [2.75, 3.05) is 5.32 Å². The third-order valence-corrected chi connectivity index (χ3v) is 4.67. The molecule has 2 aromatic carbocycles. The van der Waals surface area contributed by atoms with Crippen LogP contribution in [0.25, 0.3) is 21.0 Å². The Morgan fingerprint density at radius 2 is 1.96 bits per heavy atom. The summed E-state index contributed by atoms with van der Waals surface area (Å²) in [6.45, 7) is -0.0630. The lowest BCUT2D eigenvalue weighted by molar-refractivity contribution is -0.116. The van der Waals surface area contributed by atoms with Crippen LogP contribution in [-0.2, 0) is 11.3 Å². The van der Waals surface area contributed by atoms with Crippen molar-refractivity contribution >= 4 is 43.9 Å². The molecule has 6 heteroatoms. The molecule has 4 aromatic rings. The number of fused-ring (bicyclic) bond motifs is 2. The standard InChI is InChI=1S/C18H13N3O2S/c22-16(10-21-11-19-15-7-8-24-17(15)18(21)23)20-14-6-5-12-3-1-2-4-13(12)9-14/h1-9,11H,10H2,(H,20,22). The smallest absolute Gasteiger partial charge is 0.271 e. The van der Waals surface area contributed by atoms with Crippen LogP contribution >= 0.6 is 11.3 Å². The van der Waals surface area contributed by atoms with E-state index >= 15 is 0 Å². The quantitative estimate of drug-likeness (QED) is 0.625. The van der Waals surface area contributed by atoms with Gasteiger partial charge in [-0.3, -0.25) is 14.2 Å². The van der Waals surface area contributed by atoms with Crippen molar-refractivity contribution in [2.45, 2.75) is 6.54 Å². The van der Waals surface area contributed by atoms with Gasteiger partial charge in [-0.25, -0.2) is 4.98 Å². The molecule has 0 unspecified atom stereocenters. The van der Waals surface area contributed by atoms with Gasteiger partial charge in [-0.1, -0.05) is 30.3 Å². The van der Waals surface area contributed by atoms with Gasteiger partial charge >= 0.3 is 0 Å². The Hall–Kier alpha value is -2.99. The zero-order valence-electron chi connectivity index (χ0n) is 12.6. The fourth-order valence-corrected chi connectivity index (χ4v) is 3.41. The molecule has 118 valence electrons. The van der Waals surface area contributed by atoms with Crippen molar-refractivity contribution in [1.82, 2.24) is 9.55 Å². The SMILES string of the molecule is O=C(Cn1cnc2ccsc2c1=O)Nc1ccc2ccccc2c1. The molecule has 0 spiro atoms. The van der Waals surface area contributed by atoms with E-state index < -0.39 is 0 Å². The largest absolute Gasteiger partial charge is 0.325 e. The Morgan fingerprint density at radius 3 is 2.83 bits per heavy atom. The normalized spacial score (nSPS) is 11.0. The van der Waals surface area contributed by atoms with E-state index in [-0.39, 0.29) is 18.0 Å². The fraction of sp³-hybridized carbons (Fsp3) is 0.0556. The van der Waals surface area contributed by atoms with Crippen molar-refractivity contribution in [1.29, 1.82) is 0 Å². The average Bonchev–Trinajstić information content (AvgIpc) is 3.07. The number of carbonyl (C=O) groups excluding carboxylic acids is 1. The molecule has 0 fully saturated rings. The summed E-state index contributed by atoms with van der Waals surface area (Å²) in [7, 11) is 0. The number of anilines is 1. The lowest BCUT2D eigenvalue weighted by atomic mass is 10.1. The molecule has 0 saturated carbocycles. The highest BCUT2D eigenvalue weighted by molar-refractivity contribution is 7.17. The molecule has 0 radical (unpaired) electrons. The third kappa shape index (κ3) is 2.68. The number of thiophene rings is 1. The predicted octanol–water partition coefficient (Wildman–Crippen LogP) is 3.25. The molecule has 4 rings (SSSR count). The maximum atomic E-state index is 12.3. The highest BCUT2D eigenvalue weighted by Gasteiger charge is 2.09. The number of hydrogen-bond donors (Lipinski definition) is 1. The maximum Gasteiger partial charge on any atom is 0.271 e. The van der Waals surface area contributed by atoms with Crippen LogP contribution in [0.5, 0.6) is 0 Å². The van der Waals surface area contributed by atoms with E-state index in [1.807, 2.05) is 47.8 Å². The highest BCUT2D eigenvalue weighted by Crippen LogP contribution is 2.19. The summed E-state index contributed by atoms with van der Waals surface area (Å²) >= 11 is 1.33. The first-order valence-corrected chi connectivity index (χ1v) is 8.30. The number of hydrogen-bond acceptors (Lipinski definition) is 4. The number of nitrogens with zero attached hydrogens (tertiary/aromatic N) is 2. The molecule has 0 aliphatic carbocycles. The van der Waals surface area contributed by atoms with Crippen molar-refractivity contribution in [3.8, 4) is 0 Å². The Bertz CT molecular complexity index is 1110. The van der Waals surface area contributed by atoms with Crippen LogP contribution in [-0.4, -0.2) is 15.5 Å². The topological polar surface area (TPSA) is 64.0 Å². The van der Waals surface area contributed by atoms with Gasteiger partial charge in [0, 0.05) is 5.69 Å². The van der Waals surface area contributed by atoms with E-state index in [1.54, 1.807) is 6.07 Å². The molecule has 2 aromatic heterocycles. The fourth-order valence-electron chi connectivity index (χ4n) is 2.61. The Balaban J connectivity index is 1.56. The second-order valence-corrected chi connectivity index (χ2v) is 6.34. The van der Waals surface area contributed by atoms with Gasteiger partial charge in [0.2, 0.25) is 5.91 Å². The molecule has 0 bridgehead atoms. The van der Waals surface area contributed by atoms with E-state index in [9.17, 15) is 9.59 Å². The minimum absolute atomic E-state index is 0.0630. The van der Waals surface area contributed by atoms with E-state index in [2.05, 4.69) is 10.3 Å². The predicted molar refractivity (Wildman–Crippen MR) is 96.5 cm³/mol. The summed E-state index contributed by atoms with van der Waals surface area (Å²) in [5.41, 5.74) is 1.18. The van der Waals surface area contributed by atoms with E-state index in [0.717, 1.165) is 10.8 Å². The van der Waals surface area contributed by atoms with Gasteiger partial charge in [0.1, 0.15) is 11.2 Å². The van der Waals surface area contributed by atoms with Crippen LogP contribution in [0.1, 0.15) is 0 Å².